The topological polar surface area (TPSA) is 85.2 Å². The smallest absolute Gasteiger partial charge is 0.246 e. The maximum Gasteiger partial charge on any atom is 0.246 e. The highest BCUT2D eigenvalue weighted by molar-refractivity contribution is 5.85. The number of hydrogen-bond donors (Lipinski definition) is 1. The lowest BCUT2D eigenvalue weighted by molar-refractivity contribution is -0.132. The quantitative estimate of drug-likeness (QED) is 0.872. The normalized spacial score (nSPS) is 11.6. The Balaban J connectivity index is 0.00000242. The number of halogens is 1. The van der Waals surface area contributed by atoms with Crippen molar-refractivity contribution < 1.29 is 9.32 Å². The van der Waals surface area contributed by atoms with Gasteiger partial charge in [-0.05, 0) is 12.0 Å². The van der Waals surface area contributed by atoms with Gasteiger partial charge in [0.2, 0.25) is 11.8 Å². The molecule has 7 heteroatoms. The predicted molar refractivity (Wildman–Crippen MR) is 85.5 cm³/mol. The Morgan fingerprint density at radius 3 is 2.64 bits per heavy atom. The van der Waals surface area contributed by atoms with Gasteiger partial charge in [0.05, 0.1) is 12.6 Å². The van der Waals surface area contributed by atoms with E-state index >= 15 is 0 Å². The van der Waals surface area contributed by atoms with Crippen molar-refractivity contribution >= 4 is 18.3 Å². The fraction of sp³-hybridized carbons (Fsp3) is 0.400. The zero-order valence-electron chi connectivity index (χ0n) is 12.7. The van der Waals surface area contributed by atoms with Crippen LogP contribution in [0.25, 0.3) is 0 Å². The second kappa shape index (κ2) is 8.51. The van der Waals surface area contributed by atoms with Crippen LogP contribution < -0.4 is 5.73 Å². The summed E-state index contributed by atoms with van der Waals surface area (Å²) in [6.07, 6.45) is 1.21. The number of amides is 1. The molecule has 0 bridgehead atoms. The molecule has 6 nitrogen and oxygen atoms in total. The van der Waals surface area contributed by atoms with E-state index in [0.717, 1.165) is 5.56 Å². The van der Waals surface area contributed by atoms with E-state index in [-0.39, 0.29) is 24.9 Å². The molecule has 120 valence electrons. The maximum absolute atomic E-state index is 12.2. The molecule has 1 aromatic carbocycles. The second-order valence-electron chi connectivity index (χ2n) is 4.95. The van der Waals surface area contributed by atoms with Gasteiger partial charge in [0.1, 0.15) is 0 Å². The molecule has 2 N–H and O–H groups in total. The van der Waals surface area contributed by atoms with Crippen LogP contribution in [-0.2, 0) is 24.2 Å². The highest BCUT2D eigenvalue weighted by atomic mass is 35.5. The Morgan fingerprint density at radius 2 is 2.05 bits per heavy atom. The number of likely N-dealkylation sites (N-methyl/N-ethyl adjacent to an activating group) is 1. The molecule has 1 heterocycles. The van der Waals surface area contributed by atoms with Crippen LogP contribution in [0.1, 0.15) is 24.2 Å². The van der Waals surface area contributed by atoms with Crippen molar-refractivity contribution in [3.63, 3.8) is 0 Å². The molecule has 22 heavy (non-hydrogen) atoms. The number of nitrogens with zero attached hydrogens (tertiary/aromatic N) is 3. The van der Waals surface area contributed by atoms with Crippen molar-refractivity contribution in [1.29, 1.82) is 0 Å². The first-order valence-electron chi connectivity index (χ1n) is 6.96. The van der Waals surface area contributed by atoms with Crippen molar-refractivity contribution in [3.05, 3.63) is 47.6 Å². The molecular formula is C15H21ClN4O2. The number of carbonyl (C=O) groups excluding carboxylic acids is 1. The van der Waals surface area contributed by atoms with Crippen LogP contribution in [0.4, 0.5) is 0 Å². The van der Waals surface area contributed by atoms with Crippen molar-refractivity contribution in [2.45, 2.75) is 32.4 Å². The van der Waals surface area contributed by atoms with Gasteiger partial charge in [-0.15, -0.1) is 12.4 Å². The van der Waals surface area contributed by atoms with Crippen LogP contribution in [0.3, 0.4) is 0 Å². The molecule has 2 rings (SSSR count). The number of carbonyl (C=O) groups is 1. The lowest BCUT2D eigenvalue weighted by atomic mass is 10.1. The average molecular weight is 325 g/mol. The van der Waals surface area contributed by atoms with E-state index in [4.69, 9.17) is 10.3 Å². The van der Waals surface area contributed by atoms with Crippen LogP contribution in [0, 0.1) is 0 Å². The minimum atomic E-state index is -0.578. The minimum Gasteiger partial charge on any atom is -0.337 e. The fourth-order valence-corrected chi connectivity index (χ4v) is 2.02. The van der Waals surface area contributed by atoms with E-state index < -0.39 is 6.04 Å². The van der Waals surface area contributed by atoms with Crippen molar-refractivity contribution in [3.8, 4) is 0 Å². The number of aryl methyl sites for hydroxylation is 1. The molecule has 0 fully saturated rings. The summed E-state index contributed by atoms with van der Waals surface area (Å²) in [6.45, 7) is 2.22. The third-order valence-corrected chi connectivity index (χ3v) is 3.19. The Morgan fingerprint density at radius 1 is 1.36 bits per heavy atom. The molecule has 0 aliphatic rings. The van der Waals surface area contributed by atoms with Gasteiger partial charge in [-0.2, -0.15) is 4.98 Å². The lowest BCUT2D eigenvalue weighted by Gasteiger charge is -2.19. The Bertz CT molecular complexity index is 588. The molecule has 1 amide bonds. The first-order chi connectivity index (χ1) is 10.1. The molecule has 0 radical (unpaired) electrons. The van der Waals surface area contributed by atoms with E-state index in [9.17, 15) is 4.79 Å². The molecule has 2 aromatic rings. The third-order valence-electron chi connectivity index (χ3n) is 3.19. The van der Waals surface area contributed by atoms with Crippen molar-refractivity contribution in [1.82, 2.24) is 15.0 Å². The number of nitrogens with two attached hydrogens (primary N) is 1. The third kappa shape index (κ3) is 4.82. The molecule has 0 saturated carbocycles. The van der Waals surface area contributed by atoms with E-state index in [1.807, 2.05) is 37.3 Å². The standard InChI is InChI=1S/C15H20N4O2.ClH/c1-3-13-17-14(21-18-13)10-19(2)15(20)12(16)9-11-7-5-4-6-8-11;/h4-8,12H,3,9-10,16H2,1-2H3;1H/t12-;/m0./s1. The Labute approximate surface area is 136 Å². The van der Waals surface area contributed by atoms with Gasteiger partial charge in [0, 0.05) is 13.5 Å². The zero-order valence-corrected chi connectivity index (χ0v) is 13.5. The van der Waals surface area contributed by atoms with Crippen LogP contribution in [0.2, 0.25) is 0 Å². The SMILES string of the molecule is CCc1noc(CN(C)C(=O)[C@@H](N)Cc2ccccc2)n1.Cl. The summed E-state index contributed by atoms with van der Waals surface area (Å²) in [6, 6.07) is 9.13. The molecule has 0 spiro atoms. The first kappa shape index (κ1) is 18.1. The molecule has 1 atom stereocenters. The summed E-state index contributed by atoms with van der Waals surface area (Å²) in [7, 11) is 1.68. The van der Waals surface area contributed by atoms with E-state index in [1.165, 1.54) is 4.90 Å². The van der Waals surface area contributed by atoms with E-state index in [2.05, 4.69) is 10.1 Å². The number of rotatable bonds is 6. The molecule has 0 aliphatic heterocycles. The first-order valence-corrected chi connectivity index (χ1v) is 6.96. The summed E-state index contributed by atoms with van der Waals surface area (Å²) in [5, 5.41) is 3.80. The summed E-state index contributed by atoms with van der Waals surface area (Å²) in [5.41, 5.74) is 7.02. The maximum atomic E-state index is 12.2. The summed E-state index contributed by atoms with van der Waals surface area (Å²) < 4.78 is 5.08. The Kier molecular flexibility index (Phi) is 7.01. The predicted octanol–water partition coefficient (Wildman–Crippen LogP) is 1.58. The monoisotopic (exact) mass is 324 g/mol. The van der Waals surface area contributed by atoms with E-state index in [1.54, 1.807) is 7.05 Å². The van der Waals surface area contributed by atoms with Crippen LogP contribution >= 0.6 is 12.4 Å². The van der Waals surface area contributed by atoms with Crippen LogP contribution in [-0.4, -0.2) is 34.0 Å². The highest BCUT2D eigenvalue weighted by Crippen LogP contribution is 2.06. The van der Waals surface area contributed by atoms with Gasteiger partial charge in [-0.25, -0.2) is 0 Å². The van der Waals surface area contributed by atoms with Gasteiger partial charge < -0.3 is 15.2 Å². The highest BCUT2D eigenvalue weighted by Gasteiger charge is 2.20. The zero-order chi connectivity index (χ0) is 15.2. The second-order valence-corrected chi connectivity index (χ2v) is 4.95. The summed E-state index contributed by atoms with van der Waals surface area (Å²) >= 11 is 0. The molecule has 1 aromatic heterocycles. The molecule has 0 aliphatic carbocycles. The minimum absolute atomic E-state index is 0. The number of hydrogen-bond acceptors (Lipinski definition) is 5. The van der Waals surface area contributed by atoms with Crippen molar-refractivity contribution in [2.24, 2.45) is 5.73 Å². The van der Waals surface area contributed by atoms with E-state index in [0.29, 0.717) is 24.6 Å². The number of aromatic nitrogens is 2. The van der Waals surface area contributed by atoms with Gasteiger partial charge in [0.25, 0.3) is 0 Å². The fourth-order valence-electron chi connectivity index (χ4n) is 2.02. The largest absolute Gasteiger partial charge is 0.337 e. The van der Waals surface area contributed by atoms with Crippen LogP contribution in [0.5, 0.6) is 0 Å². The molecule has 0 unspecified atom stereocenters. The van der Waals surface area contributed by atoms with Gasteiger partial charge in [0.15, 0.2) is 5.82 Å². The lowest BCUT2D eigenvalue weighted by Crippen LogP contribution is -2.42. The molecular weight excluding hydrogens is 304 g/mol. The summed E-state index contributed by atoms with van der Waals surface area (Å²) in [5.74, 6) is 0.921. The summed E-state index contributed by atoms with van der Waals surface area (Å²) in [4.78, 5) is 17.9. The molecule has 0 saturated heterocycles. The van der Waals surface area contributed by atoms with Gasteiger partial charge in [-0.3, -0.25) is 4.79 Å². The van der Waals surface area contributed by atoms with Gasteiger partial charge in [-0.1, -0.05) is 42.4 Å². The van der Waals surface area contributed by atoms with Crippen LogP contribution in [0.15, 0.2) is 34.9 Å². The van der Waals surface area contributed by atoms with Crippen molar-refractivity contribution in [2.75, 3.05) is 7.05 Å². The average Bonchev–Trinajstić information content (AvgIpc) is 2.95. The Hall–Kier alpha value is -1.92. The van der Waals surface area contributed by atoms with Gasteiger partial charge >= 0.3 is 0 Å². The number of benzene rings is 1.